The number of amides is 1. The molecule has 1 aliphatic heterocycles. The van der Waals surface area contributed by atoms with Gasteiger partial charge in [-0.15, -0.1) is 26.3 Å². The molecule has 1 fully saturated rings. The van der Waals surface area contributed by atoms with Gasteiger partial charge in [0.25, 0.3) is 5.91 Å². The van der Waals surface area contributed by atoms with Gasteiger partial charge in [-0.2, -0.15) is 0 Å². The van der Waals surface area contributed by atoms with Crippen LogP contribution in [0.5, 0.6) is 0 Å². The van der Waals surface area contributed by atoms with Crippen molar-refractivity contribution in [3.05, 3.63) is 86.5 Å². The third kappa shape index (κ3) is 19.5. The van der Waals surface area contributed by atoms with Crippen molar-refractivity contribution >= 4 is 5.91 Å². The zero-order valence-corrected chi connectivity index (χ0v) is 32.5. The van der Waals surface area contributed by atoms with Crippen LogP contribution in [0.25, 0.3) is 0 Å². The Morgan fingerprint density at radius 1 is 0.707 bits per heavy atom. The number of rotatable bonds is 15. The Balaban J connectivity index is 2.01. The molecule has 0 aliphatic carbocycles. The third-order valence-electron chi connectivity index (χ3n) is 8.05. The van der Waals surface area contributed by atoms with Crippen LogP contribution in [0.4, 0.5) is 0 Å². The average Bonchev–Trinajstić information content (AvgIpc) is 3.24. The van der Waals surface area contributed by atoms with Crippen molar-refractivity contribution in [2.45, 2.75) is 63.6 Å². The molecule has 2 N–H and O–H groups in total. The minimum Gasteiger partial charge on any atom is -0.391 e. The van der Waals surface area contributed by atoms with E-state index in [-0.39, 0.29) is 30.5 Å². The van der Waals surface area contributed by atoms with Crippen molar-refractivity contribution in [1.29, 1.82) is 0 Å². The summed E-state index contributed by atoms with van der Waals surface area (Å²) < 4.78 is 12.6. The number of ether oxygens (including phenoxy) is 2. The lowest BCUT2D eigenvalue weighted by atomic mass is 9.75. The van der Waals surface area contributed by atoms with Crippen LogP contribution in [0, 0.1) is 160 Å². The lowest BCUT2D eigenvalue weighted by Crippen LogP contribution is -2.50. The Labute approximate surface area is 346 Å². The molecule has 282 valence electrons. The summed E-state index contributed by atoms with van der Waals surface area (Å²) in [4.78, 5) is 12.9. The molecular weight excluding hydrogens is 715 g/mol. The fourth-order valence-electron chi connectivity index (χ4n) is 5.41. The Bertz CT molecular complexity index is 2420. The predicted molar refractivity (Wildman–Crippen MR) is 231 cm³/mol. The van der Waals surface area contributed by atoms with Crippen molar-refractivity contribution in [2.24, 2.45) is 17.8 Å². The molecular formula is C53H41NO4. The van der Waals surface area contributed by atoms with Gasteiger partial charge in [-0.05, 0) is 139 Å². The summed E-state index contributed by atoms with van der Waals surface area (Å²) in [7, 11) is 0. The minimum absolute atomic E-state index is 0.0126. The van der Waals surface area contributed by atoms with Crippen molar-refractivity contribution in [1.82, 2.24) is 5.32 Å². The summed E-state index contributed by atoms with van der Waals surface area (Å²) in [6.07, 6.45) is 8.98. The SMILES string of the molecule is C=CCC1O[C@@H](OC[C@H](NC(=O)C#CC#CC#CC#CC#CC#CC#CC#CC#CC#CC#CC#CC)[C@H](O)CCCCc2ccccc2)C(C=C)[C@@H](C=C)[C@H]1C=C. The maximum Gasteiger partial charge on any atom is 0.297 e. The van der Waals surface area contributed by atoms with Crippen molar-refractivity contribution < 1.29 is 19.4 Å². The van der Waals surface area contributed by atoms with Crippen LogP contribution in [0.3, 0.4) is 0 Å². The zero-order chi connectivity index (χ0) is 41.9. The largest absolute Gasteiger partial charge is 0.391 e. The van der Waals surface area contributed by atoms with Crippen molar-refractivity contribution in [3.63, 3.8) is 0 Å². The first-order chi connectivity index (χ1) is 28.5. The molecule has 0 bridgehead atoms. The number of hydrogen-bond donors (Lipinski definition) is 2. The van der Waals surface area contributed by atoms with E-state index in [1.165, 1.54) is 5.56 Å². The van der Waals surface area contributed by atoms with Crippen molar-refractivity contribution in [3.8, 4) is 142 Å². The maximum atomic E-state index is 12.9. The second-order valence-electron chi connectivity index (χ2n) is 11.8. The van der Waals surface area contributed by atoms with Gasteiger partial charge in [0.05, 0.1) is 24.9 Å². The van der Waals surface area contributed by atoms with Gasteiger partial charge < -0.3 is 19.9 Å². The average molecular weight is 756 g/mol. The van der Waals surface area contributed by atoms with E-state index >= 15 is 0 Å². The molecule has 0 spiro atoms. The van der Waals surface area contributed by atoms with Crippen LogP contribution >= 0.6 is 0 Å². The number of aliphatic hydroxyl groups excluding tert-OH is 1. The summed E-state index contributed by atoms with van der Waals surface area (Å²) in [5.74, 6) is 59.5. The van der Waals surface area contributed by atoms with Gasteiger partial charge in [-0.25, -0.2) is 0 Å². The molecule has 0 aromatic heterocycles. The molecule has 5 heteroatoms. The first-order valence-corrected chi connectivity index (χ1v) is 18.2. The smallest absolute Gasteiger partial charge is 0.297 e. The number of carbonyl (C=O) groups is 1. The van der Waals surface area contributed by atoms with Crippen LogP contribution in [-0.2, 0) is 20.7 Å². The number of allylic oxidation sites excluding steroid dienone is 1. The molecule has 2 unspecified atom stereocenters. The minimum atomic E-state index is -0.908. The van der Waals surface area contributed by atoms with E-state index in [0.29, 0.717) is 12.8 Å². The Hall–Kier alpha value is -7.75. The summed E-state index contributed by atoms with van der Waals surface area (Å²) in [5.41, 5.74) is 1.22. The van der Waals surface area contributed by atoms with Crippen LogP contribution in [0.15, 0.2) is 81.0 Å². The van der Waals surface area contributed by atoms with Gasteiger partial charge in [0.15, 0.2) is 6.29 Å². The number of carbonyl (C=O) groups excluding carboxylic acids is 1. The molecule has 1 saturated heterocycles. The standard InChI is InChI=1S/C53H41NO4/c1-6-11-12-13-14-15-16-17-18-19-20-21-22-23-24-25-26-27-28-29-30-31-35-43-52(56)54-49(50(55)42-37-36-41-45-39-33-32-34-40-45)44-57-53-48(10-5)46(8-3)47(9-4)51(58-53)38-7-2/h7-10,32-34,39-40,46-51,53,55H,2-5,36-38,41-42,44H2,1H3,(H,54,56)/t46-,47+,48?,49-,50+,51?,53+/m0/s1. The Morgan fingerprint density at radius 2 is 1.19 bits per heavy atom. The Kier molecular flexibility index (Phi) is 24.5. The van der Waals surface area contributed by atoms with Crippen molar-refractivity contribution in [2.75, 3.05) is 6.61 Å². The lowest BCUT2D eigenvalue weighted by Gasteiger charge is -2.44. The van der Waals surface area contributed by atoms with Gasteiger partial charge in [-0.3, -0.25) is 4.79 Å². The fraction of sp³-hybridized carbons (Fsp3) is 0.264. The highest BCUT2D eigenvalue weighted by Crippen LogP contribution is 2.39. The van der Waals surface area contributed by atoms with E-state index in [1.54, 1.807) is 19.1 Å². The molecule has 2 rings (SSSR count). The molecule has 1 aliphatic rings. The number of benzene rings is 1. The number of aryl methyl sites for hydroxylation is 1. The van der Waals surface area contributed by atoms with E-state index in [9.17, 15) is 9.90 Å². The van der Waals surface area contributed by atoms with Crippen LogP contribution in [0.2, 0.25) is 0 Å². The van der Waals surface area contributed by atoms with E-state index in [1.807, 2.05) is 30.4 Å². The fourth-order valence-corrected chi connectivity index (χ4v) is 5.41. The number of aliphatic hydroxyl groups is 1. The molecule has 5 nitrogen and oxygen atoms in total. The van der Waals surface area contributed by atoms with Gasteiger partial charge in [-0.1, -0.05) is 67.0 Å². The van der Waals surface area contributed by atoms with Crippen LogP contribution < -0.4 is 5.32 Å². The lowest BCUT2D eigenvalue weighted by molar-refractivity contribution is -0.236. The van der Waals surface area contributed by atoms with Crippen LogP contribution in [-0.4, -0.2) is 42.2 Å². The molecule has 1 aromatic carbocycles. The summed E-state index contributed by atoms with van der Waals surface area (Å²) in [6.45, 7) is 17.6. The quantitative estimate of drug-likeness (QED) is 0.150. The summed E-state index contributed by atoms with van der Waals surface area (Å²) in [6, 6.07) is 9.37. The van der Waals surface area contributed by atoms with Gasteiger partial charge in [0.2, 0.25) is 0 Å². The molecule has 1 heterocycles. The second-order valence-corrected chi connectivity index (χ2v) is 11.8. The first-order valence-electron chi connectivity index (χ1n) is 18.2. The van der Waals surface area contributed by atoms with E-state index in [0.717, 1.165) is 19.3 Å². The molecule has 1 amide bonds. The topological polar surface area (TPSA) is 67.8 Å². The number of unbranched alkanes of at least 4 members (excludes halogenated alkanes) is 1. The highest BCUT2D eigenvalue weighted by molar-refractivity contribution is 5.94. The molecule has 7 atom stereocenters. The second kappa shape index (κ2) is 30.6. The maximum absolute atomic E-state index is 12.9. The molecule has 58 heavy (non-hydrogen) atoms. The third-order valence-corrected chi connectivity index (χ3v) is 8.05. The highest BCUT2D eigenvalue weighted by Gasteiger charge is 2.42. The Morgan fingerprint density at radius 3 is 1.66 bits per heavy atom. The summed E-state index contributed by atoms with van der Waals surface area (Å²) >= 11 is 0. The van der Waals surface area contributed by atoms with Gasteiger partial charge >= 0.3 is 0 Å². The monoisotopic (exact) mass is 755 g/mol. The first kappa shape index (κ1) is 46.4. The summed E-state index contributed by atoms with van der Waals surface area (Å²) in [5, 5.41) is 14.0. The number of nitrogens with one attached hydrogen (secondary N) is 1. The van der Waals surface area contributed by atoms with E-state index < -0.39 is 24.3 Å². The van der Waals surface area contributed by atoms with Crippen LogP contribution in [0.1, 0.15) is 38.2 Å². The normalized spacial score (nSPS) is 17.0. The van der Waals surface area contributed by atoms with Gasteiger partial charge in [0.1, 0.15) is 0 Å². The molecule has 0 saturated carbocycles. The van der Waals surface area contributed by atoms with E-state index in [4.69, 9.17) is 9.47 Å². The van der Waals surface area contributed by atoms with Gasteiger partial charge in [0, 0.05) is 53.3 Å². The highest BCUT2D eigenvalue weighted by atomic mass is 16.7. The zero-order valence-electron chi connectivity index (χ0n) is 32.5. The predicted octanol–water partition coefficient (Wildman–Crippen LogP) is 5.03. The number of hydrogen-bond acceptors (Lipinski definition) is 4. The van der Waals surface area contributed by atoms with E-state index in [2.05, 4.69) is 186 Å². The molecule has 0 radical (unpaired) electrons. The molecule has 1 aromatic rings.